The molecule has 0 aliphatic heterocycles. The van der Waals surface area contributed by atoms with Gasteiger partial charge in [-0.25, -0.2) is 0 Å². The minimum Gasteiger partial charge on any atom is -0.271 e. The molecule has 0 aliphatic carbocycles. The maximum Gasteiger partial charge on any atom is 0.390 e. The monoisotopic (exact) mass is 268 g/mol. The Bertz CT molecular complexity index is 184. The van der Waals surface area contributed by atoms with E-state index in [4.69, 9.17) is 5.84 Å². The van der Waals surface area contributed by atoms with E-state index in [1.54, 1.807) is 0 Å². The van der Waals surface area contributed by atoms with Crippen molar-refractivity contribution in [3.05, 3.63) is 0 Å². The van der Waals surface area contributed by atoms with Gasteiger partial charge in [-0.1, -0.05) is 58.3 Å². The van der Waals surface area contributed by atoms with Crippen LogP contribution in [0.3, 0.4) is 0 Å². The van der Waals surface area contributed by atoms with Crippen molar-refractivity contribution in [3.8, 4) is 0 Å². The number of nitrogens with one attached hydrogen (secondary N) is 1. The van der Waals surface area contributed by atoms with E-state index in [0.29, 0.717) is 6.42 Å². The third-order valence-electron chi connectivity index (χ3n) is 3.12. The number of unbranched alkanes of at least 4 members (excludes halogenated alkanes) is 7. The molecule has 0 spiro atoms. The summed E-state index contributed by atoms with van der Waals surface area (Å²) in [5.74, 6) is 5.13. The molecule has 110 valence electrons. The van der Waals surface area contributed by atoms with Crippen LogP contribution in [0.25, 0.3) is 0 Å². The van der Waals surface area contributed by atoms with Crippen LogP contribution in [0.4, 0.5) is 13.2 Å². The molecule has 1 atom stereocenters. The summed E-state index contributed by atoms with van der Waals surface area (Å²) < 4.78 is 36.4. The molecule has 0 radical (unpaired) electrons. The highest BCUT2D eigenvalue weighted by Gasteiger charge is 2.31. The number of alkyl halides is 3. The van der Waals surface area contributed by atoms with E-state index < -0.39 is 18.6 Å². The first kappa shape index (κ1) is 17.7. The molecule has 5 heteroatoms. The van der Waals surface area contributed by atoms with Gasteiger partial charge in [-0.3, -0.25) is 11.3 Å². The number of halogens is 3. The predicted molar refractivity (Wildman–Crippen MR) is 69.0 cm³/mol. The Morgan fingerprint density at radius 3 is 1.89 bits per heavy atom. The summed E-state index contributed by atoms with van der Waals surface area (Å²) in [5.41, 5.74) is 2.26. The van der Waals surface area contributed by atoms with E-state index in [9.17, 15) is 13.2 Å². The highest BCUT2D eigenvalue weighted by atomic mass is 19.4. The smallest absolute Gasteiger partial charge is 0.271 e. The Morgan fingerprint density at radius 1 is 0.944 bits per heavy atom. The van der Waals surface area contributed by atoms with Crippen molar-refractivity contribution < 1.29 is 13.2 Å². The quantitative estimate of drug-likeness (QED) is 0.333. The fourth-order valence-electron chi connectivity index (χ4n) is 2.05. The van der Waals surface area contributed by atoms with Crippen LogP contribution in [0.2, 0.25) is 0 Å². The van der Waals surface area contributed by atoms with Gasteiger partial charge in [-0.15, -0.1) is 0 Å². The summed E-state index contributed by atoms with van der Waals surface area (Å²) in [6, 6.07) is -0.634. The lowest BCUT2D eigenvalue weighted by Gasteiger charge is -2.17. The van der Waals surface area contributed by atoms with E-state index in [0.717, 1.165) is 19.3 Å². The second-order valence-corrected chi connectivity index (χ2v) is 4.95. The number of hydrogen-bond donors (Lipinski definition) is 2. The number of hydrogen-bond acceptors (Lipinski definition) is 2. The maximum atomic E-state index is 12.1. The van der Waals surface area contributed by atoms with Crippen LogP contribution >= 0.6 is 0 Å². The molecule has 0 aliphatic rings. The SMILES string of the molecule is CCCCCCCCCCC(CC(F)(F)F)NN. The molecule has 0 amide bonds. The molecule has 0 fully saturated rings. The van der Waals surface area contributed by atoms with Crippen molar-refractivity contribution in [1.29, 1.82) is 0 Å². The van der Waals surface area contributed by atoms with E-state index >= 15 is 0 Å². The topological polar surface area (TPSA) is 38.0 Å². The van der Waals surface area contributed by atoms with Crippen LogP contribution in [0.15, 0.2) is 0 Å². The molecule has 0 saturated heterocycles. The molecule has 0 heterocycles. The molecule has 0 aromatic rings. The van der Waals surface area contributed by atoms with Crippen molar-refractivity contribution in [3.63, 3.8) is 0 Å². The Morgan fingerprint density at radius 2 is 1.44 bits per heavy atom. The molecule has 0 aromatic carbocycles. The predicted octanol–water partition coefficient (Wildman–Crippen LogP) is 4.30. The first-order chi connectivity index (χ1) is 8.49. The summed E-state index contributed by atoms with van der Waals surface area (Å²) in [6.07, 6.45) is 4.72. The lowest BCUT2D eigenvalue weighted by molar-refractivity contribution is -0.140. The third kappa shape index (κ3) is 12.2. The normalized spacial score (nSPS) is 13.8. The van der Waals surface area contributed by atoms with E-state index in [2.05, 4.69) is 12.3 Å². The first-order valence-corrected chi connectivity index (χ1v) is 7.02. The van der Waals surface area contributed by atoms with Gasteiger partial charge in [0.05, 0.1) is 6.42 Å². The zero-order valence-corrected chi connectivity index (χ0v) is 11.4. The molecule has 2 nitrogen and oxygen atoms in total. The Hall–Kier alpha value is -0.290. The fraction of sp³-hybridized carbons (Fsp3) is 1.00. The van der Waals surface area contributed by atoms with Gasteiger partial charge in [-0.2, -0.15) is 13.2 Å². The third-order valence-corrected chi connectivity index (χ3v) is 3.12. The van der Waals surface area contributed by atoms with Crippen molar-refractivity contribution in [2.45, 2.75) is 83.4 Å². The zero-order chi connectivity index (χ0) is 13.9. The average molecular weight is 268 g/mol. The summed E-state index contributed by atoms with van der Waals surface area (Å²) in [6.45, 7) is 2.18. The Kier molecular flexibility index (Phi) is 10.4. The van der Waals surface area contributed by atoms with Crippen molar-refractivity contribution in [2.24, 2.45) is 5.84 Å². The van der Waals surface area contributed by atoms with Crippen molar-refractivity contribution in [1.82, 2.24) is 5.43 Å². The van der Waals surface area contributed by atoms with Gasteiger partial charge in [-0.05, 0) is 6.42 Å². The zero-order valence-electron chi connectivity index (χ0n) is 11.4. The largest absolute Gasteiger partial charge is 0.390 e. The highest BCUT2D eigenvalue weighted by molar-refractivity contribution is 4.68. The Labute approximate surface area is 108 Å². The summed E-state index contributed by atoms with van der Waals surface area (Å²) in [4.78, 5) is 0. The minimum absolute atomic E-state index is 0.505. The Balaban J connectivity index is 3.40. The van der Waals surface area contributed by atoms with Crippen molar-refractivity contribution >= 4 is 0 Å². The van der Waals surface area contributed by atoms with Gasteiger partial charge in [0.1, 0.15) is 0 Å². The summed E-state index contributed by atoms with van der Waals surface area (Å²) in [7, 11) is 0. The van der Waals surface area contributed by atoms with Gasteiger partial charge in [0.15, 0.2) is 0 Å². The lowest BCUT2D eigenvalue weighted by atomic mass is 10.0. The van der Waals surface area contributed by atoms with Gasteiger partial charge < -0.3 is 0 Å². The van der Waals surface area contributed by atoms with Crippen LogP contribution in [0.5, 0.6) is 0 Å². The van der Waals surface area contributed by atoms with Crippen LogP contribution in [0, 0.1) is 0 Å². The van der Waals surface area contributed by atoms with Gasteiger partial charge in [0.25, 0.3) is 0 Å². The molecule has 1 unspecified atom stereocenters. The molecule has 0 aromatic heterocycles. The maximum absolute atomic E-state index is 12.1. The van der Waals surface area contributed by atoms with Gasteiger partial charge >= 0.3 is 6.18 Å². The molecule has 0 bridgehead atoms. The highest BCUT2D eigenvalue weighted by Crippen LogP contribution is 2.23. The second kappa shape index (κ2) is 10.6. The van der Waals surface area contributed by atoms with E-state index in [-0.39, 0.29) is 0 Å². The molecular formula is C13H27F3N2. The fourth-order valence-corrected chi connectivity index (χ4v) is 2.05. The number of hydrazine groups is 1. The average Bonchev–Trinajstić information content (AvgIpc) is 2.29. The molecule has 0 rings (SSSR count). The van der Waals surface area contributed by atoms with Crippen LogP contribution in [-0.2, 0) is 0 Å². The van der Waals surface area contributed by atoms with Crippen LogP contribution in [0.1, 0.15) is 71.1 Å². The summed E-state index contributed by atoms with van der Waals surface area (Å²) >= 11 is 0. The standard InChI is InChI=1S/C13H27F3N2/c1-2-3-4-5-6-7-8-9-10-12(18-17)11-13(14,15)16/h12,18H,2-11,17H2,1H3. The van der Waals surface area contributed by atoms with Gasteiger partial charge in [0.2, 0.25) is 0 Å². The van der Waals surface area contributed by atoms with Crippen molar-refractivity contribution in [2.75, 3.05) is 0 Å². The molecular weight excluding hydrogens is 241 g/mol. The molecule has 0 saturated carbocycles. The molecule has 18 heavy (non-hydrogen) atoms. The molecule has 3 N–H and O–H groups in total. The van der Waals surface area contributed by atoms with Gasteiger partial charge in [0, 0.05) is 6.04 Å². The summed E-state index contributed by atoms with van der Waals surface area (Å²) in [5, 5.41) is 0. The number of rotatable bonds is 11. The van der Waals surface area contributed by atoms with E-state index in [1.165, 1.54) is 32.1 Å². The van der Waals surface area contributed by atoms with Crippen LogP contribution < -0.4 is 11.3 Å². The van der Waals surface area contributed by atoms with Crippen LogP contribution in [-0.4, -0.2) is 12.2 Å². The lowest BCUT2D eigenvalue weighted by Crippen LogP contribution is -2.38. The second-order valence-electron chi connectivity index (χ2n) is 4.95. The minimum atomic E-state index is -4.13. The number of nitrogens with two attached hydrogens (primary N) is 1. The first-order valence-electron chi connectivity index (χ1n) is 7.02. The van der Waals surface area contributed by atoms with E-state index in [1.807, 2.05) is 0 Å².